The smallest absolute Gasteiger partial charge is 0.330 e. The van der Waals surface area contributed by atoms with E-state index in [9.17, 15) is 9.59 Å². The molecule has 19 heavy (non-hydrogen) atoms. The molecular weight excluding hydrogens is 268 g/mol. The van der Waals surface area contributed by atoms with Gasteiger partial charge in [0.1, 0.15) is 10.2 Å². The molecule has 7 nitrogen and oxygen atoms in total. The van der Waals surface area contributed by atoms with Gasteiger partial charge in [-0.3, -0.25) is 13.9 Å². The minimum Gasteiger partial charge on any atom is -0.481 e. The van der Waals surface area contributed by atoms with E-state index in [2.05, 4.69) is 4.98 Å². The van der Waals surface area contributed by atoms with E-state index in [1.54, 1.807) is 25.0 Å². The molecule has 2 heterocycles. The van der Waals surface area contributed by atoms with E-state index in [1.807, 2.05) is 0 Å². The lowest BCUT2D eigenvalue weighted by molar-refractivity contribution is -0.137. The topological polar surface area (TPSA) is 82.0 Å². The molecule has 102 valence electrons. The summed E-state index contributed by atoms with van der Waals surface area (Å²) in [5.74, 6) is -0.832. The second kappa shape index (κ2) is 4.96. The number of fused-ring (bicyclic) bond motifs is 1. The average Bonchev–Trinajstić information content (AvgIpc) is 2.77. The van der Waals surface area contributed by atoms with Crippen LogP contribution in [0.2, 0.25) is 0 Å². The summed E-state index contributed by atoms with van der Waals surface area (Å²) >= 11 is 5.26. The largest absolute Gasteiger partial charge is 0.481 e. The lowest BCUT2D eigenvalue weighted by Crippen LogP contribution is -2.28. The van der Waals surface area contributed by atoms with Gasteiger partial charge in [0, 0.05) is 27.1 Å². The molecule has 0 aliphatic rings. The quantitative estimate of drug-likeness (QED) is 0.833. The summed E-state index contributed by atoms with van der Waals surface area (Å²) in [5.41, 5.74) is 0.974. The van der Waals surface area contributed by atoms with Crippen molar-refractivity contribution >= 4 is 29.4 Å². The highest BCUT2D eigenvalue weighted by atomic mass is 32.1. The molecule has 8 heteroatoms. The lowest BCUT2D eigenvalue weighted by Gasteiger charge is -2.07. The van der Waals surface area contributed by atoms with Gasteiger partial charge in [0.25, 0.3) is 0 Å². The fourth-order valence-electron chi connectivity index (χ4n) is 1.97. The van der Waals surface area contributed by atoms with E-state index in [4.69, 9.17) is 17.3 Å². The van der Waals surface area contributed by atoms with Crippen LogP contribution in [0.3, 0.4) is 0 Å². The maximum absolute atomic E-state index is 11.8. The average molecular weight is 282 g/mol. The van der Waals surface area contributed by atoms with Crippen LogP contribution < -0.4 is 5.69 Å². The maximum Gasteiger partial charge on any atom is 0.330 e. The van der Waals surface area contributed by atoms with Crippen LogP contribution in [0.15, 0.2) is 11.1 Å². The number of aryl methyl sites for hydroxylation is 2. The Labute approximate surface area is 113 Å². The second-order valence-corrected chi connectivity index (χ2v) is 4.70. The fourth-order valence-corrected chi connectivity index (χ4v) is 2.25. The van der Waals surface area contributed by atoms with Gasteiger partial charge < -0.3 is 9.67 Å². The monoisotopic (exact) mass is 282 g/mol. The Bertz CT molecular complexity index is 756. The zero-order valence-corrected chi connectivity index (χ0v) is 11.5. The maximum atomic E-state index is 11.8. The molecule has 0 radical (unpaired) electrons. The minimum absolute atomic E-state index is 0.0876. The van der Waals surface area contributed by atoms with Crippen molar-refractivity contribution in [2.75, 3.05) is 0 Å². The summed E-state index contributed by atoms with van der Waals surface area (Å²) in [5, 5.41) is 8.64. The summed E-state index contributed by atoms with van der Waals surface area (Å²) in [6.07, 6.45) is 2.16. The van der Waals surface area contributed by atoms with Crippen LogP contribution in [0.5, 0.6) is 0 Å². The molecule has 0 bridgehead atoms. The molecule has 2 rings (SSSR count). The van der Waals surface area contributed by atoms with E-state index in [1.165, 1.54) is 9.13 Å². The summed E-state index contributed by atoms with van der Waals surface area (Å²) in [7, 11) is 3.24. The van der Waals surface area contributed by atoms with Crippen molar-refractivity contribution in [1.82, 2.24) is 18.7 Å². The van der Waals surface area contributed by atoms with Crippen molar-refractivity contribution in [3.8, 4) is 0 Å². The van der Waals surface area contributed by atoms with Gasteiger partial charge in [-0.05, 0) is 6.42 Å². The first-order valence-corrected chi connectivity index (χ1v) is 6.17. The van der Waals surface area contributed by atoms with Crippen molar-refractivity contribution in [2.45, 2.75) is 19.4 Å². The molecule has 1 N–H and O–H groups in total. The molecule has 0 atom stereocenters. The third kappa shape index (κ3) is 2.30. The Balaban J connectivity index is 2.51. The first-order valence-electron chi connectivity index (χ1n) is 5.76. The van der Waals surface area contributed by atoms with Crippen LogP contribution in [0.25, 0.3) is 11.2 Å². The summed E-state index contributed by atoms with van der Waals surface area (Å²) in [6.45, 7) is 0.505. The number of aromatic nitrogens is 4. The fraction of sp³-hybridized carbons (Fsp3) is 0.455. The van der Waals surface area contributed by atoms with Crippen molar-refractivity contribution < 1.29 is 9.90 Å². The first-order chi connectivity index (χ1) is 8.93. The Morgan fingerprint density at radius 2 is 2.11 bits per heavy atom. The predicted molar refractivity (Wildman–Crippen MR) is 71.6 cm³/mol. The molecular formula is C11H14N4O3S. The summed E-state index contributed by atoms with van der Waals surface area (Å²) < 4.78 is 5.01. The van der Waals surface area contributed by atoms with Gasteiger partial charge in [0.15, 0.2) is 5.65 Å². The number of rotatable bonds is 4. The van der Waals surface area contributed by atoms with Gasteiger partial charge in [-0.2, -0.15) is 0 Å². The Kier molecular flexibility index (Phi) is 3.52. The molecule has 0 unspecified atom stereocenters. The number of carboxylic acids is 1. The second-order valence-electron chi connectivity index (χ2n) is 4.31. The Hall–Kier alpha value is -1.96. The number of aliphatic carboxylic acids is 1. The molecule has 2 aromatic rings. The third-order valence-corrected chi connectivity index (χ3v) is 3.47. The van der Waals surface area contributed by atoms with Crippen molar-refractivity contribution in [1.29, 1.82) is 0 Å². The number of nitrogens with zero attached hydrogens (tertiary/aromatic N) is 4. The van der Waals surface area contributed by atoms with Crippen LogP contribution in [0.4, 0.5) is 0 Å². The van der Waals surface area contributed by atoms with Gasteiger partial charge in [0.2, 0.25) is 0 Å². The number of imidazole rings is 1. The Morgan fingerprint density at radius 3 is 2.74 bits per heavy atom. The highest BCUT2D eigenvalue weighted by Gasteiger charge is 2.11. The van der Waals surface area contributed by atoms with Gasteiger partial charge in [0.05, 0.1) is 6.33 Å². The van der Waals surface area contributed by atoms with Crippen molar-refractivity contribution in [2.24, 2.45) is 14.1 Å². The molecule has 0 saturated heterocycles. The van der Waals surface area contributed by atoms with Crippen LogP contribution in [-0.4, -0.2) is 29.8 Å². The van der Waals surface area contributed by atoms with E-state index < -0.39 is 5.97 Å². The van der Waals surface area contributed by atoms with Crippen LogP contribution >= 0.6 is 12.2 Å². The van der Waals surface area contributed by atoms with Crippen LogP contribution in [-0.2, 0) is 25.4 Å². The van der Waals surface area contributed by atoms with E-state index in [0.29, 0.717) is 28.8 Å². The standard InChI is InChI=1S/C11H14N4O3S/c1-13-9-8(10(19)14(2)11(13)18)15(6-12-9)5-3-4-7(16)17/h6H,3-5H2,1-2H3,(H,16,17). The number of hydrogen-bond donors (Lipinski definition) is 1. The highest BCUT2D eigenvalue weighted by Crippen LogP contribution is 2.12. The van der Waals surface area contributed by atoms with Crippen LogP contribution in [0.1, 0.15) is 12.8 Å². The summed E-state index contributed by atoms with van der Waals surface area (Å²) in [4.78, 5) is 26.5. The highest BCUT2D eigenvalue weighted by molar-refractivity contribution is 7.71. The van der Waals surface area contributed by atoms with Crippen molar-refractivity contribution in [3.05, 3.63) is 21.5 Å². The Morgan fingerprint density at radius 1 is 1.42 bits per heavy atom. The normalized spacial score (nSPS) is 11.1. The SMILES string of the molecule is Cn1c(=S)c2c(ncn2CCCC(=O)O)n(C)c1=O. The minimum atomic E-state index is -0.832. The number of carbonyl (C=O) groups is 1. The van der Waals surface area contributed by atoms with Gasteiger partial charge in [-0.15, -0.1) is 0 Å². The number of hydrogen-bond acceptors (Lipinski definition) is 4. The molecule has 0 aliphatic carbocycles. The predicted octanol–water partition coefficient (Wildman–Crippen LogP) is 0.668. The zero-order chi connectivity index (χ0) is 14.2. The molecule has 0 aromatic carbocycles. The third-order valence-electron chi connectivity index (χ3n) is 3.01. The summed E-state index contributed by atoms with van der Waals surface area (Å²) in [6, 6.07) is 0. The van der Waals surface area contributed by atoms with Crippen LogP contribution in [0, 0.1) is 4.64 Å². The molecule has 0 aliphatic heterocycles. The van der Waals surface area contributed by atoms with E-state index in [-0.39, 0.29) is 12.1 Å². The van der Waals surface area contributed by atoms with E-state index in [0.717, 1.165) is 0 Å². The number of carboxylic acid groups (broad SMARTS) is 1. The van der Waals surface area contributed by atoms with E-state index >= 15 is 0 Å². The molecule has 0 fully saturated rings. The zero-order valence-electron chi connectivity index (χ0n) is 10.7. The van der Waals surface area contributed by atoms with Crippen molar-refractivity contribution in [3.63, 3.8) is 0 Å². The first kappa shape index (κ1) is 13.5. The molecule has 0 amide bonds. The lowest BCUT2D eigenvalue weighted by atomic mass is 10.3. The molecule has 0 spiro atoms. The molecule has 0 saturated carbocycles. The van der Waals surface area contributed by atoms with Gasteiger partial charge in [-0.1, -0.05) is 12.2 Å². The molecule has 2 aromatic heterocycles. The van der Waals surface area contributed by atoms with Gasteiger partial charge in [-0.25, -0.2) is 9.78 Å². The van der Waals surface area contributed by atoms with Gasteiger partial charge >= 0.3 is 11.7 Å².